The Morgan fingerprint density at radius 2 is 1.74 bits per heavy atom. The SMILES string of the molecule is CC(O)CC(C)CNC(=O)c1ccccc1Oc1ccccc1. The standard InChI is InChI=1S/C19H23NO3/c1-14(12-15(2)21)13-20-19(22)17-10-6-7-11-18(17)23-16-8-4-3-5-9-16/h3-11,14-15,21H,12-13H2,1-2H3,(H,20,22). The van der Waals surface area contributed by atoms with Crippen LogP contribution in [-0.4, -0.2) is 23.7 Å². The molecular formula is C19H23NO3. The highest BCUT2D eigenvalue weighted by Gasteiger charge is 2.14. The van der Waals surface area contributed by atoms with Crippen LogP contribution in [0.5, 0.6) is 11.5 Å². The van der Waals surface area contributed by atoms with Crippen molar-refractivity contribution in [3.63, 3.8) is 0 Å². The maximum absolute atomic E-state index is 12.4. The molecule has 0 aliphatic carbocycles. The quantitative estimate of drug-likeness (QED) is 0.821. The summed E-state index contributed by atoms with van der Waals surface area (Å²) in [4.78, 5) is 12.4. The van der Waals surface area contributed by atoms with Crippen LogP contribution in [-0.2, 0) is 0 Å². The highest BCUT2D eigenvalue weighted by molar-refractivity contribution is 5.97. The van der Waals surface area contributed by atoms with Crippen molar-refractivity contribution in [3.8, 4) is 11.5 Å². The molecule has 0 bridgehead atoms. The molecule has 0 spiro atoms. The fraction of sp³-hybridized carbons (Fsp3) is 0.316. The summed E-state index contributed by atoms with van der Waals surface area (Å²) in [6.45, 7) is 4.27. The van der Waals surface area contributed by atoms with Crippen molar-refractivity contribution in [3.05, 3.63) is 60.2 Å². The van der Waals surface area contributed by atoms with Crippen LogP contribution in [0.25, 0.3) is 0 Å². The Morgan fingerprint density at radius 1 is 1.09 bits per heavy atom. The molecule has 122 valence electrons. The van der Waals surface area contributed by atoms with Crippen molar-refractivity contribution >= 4 is 5.91 Å². The lowest BCUT2D eigenvalue weighted by atomic mass is 10.0. The molecule has 1 amide bonds. The van der Waals surface area contributed by atoms with Crippen LogP contribution in [0.2, 0.25) is 0 Å². The lowest BCUT2D eigenvalue weighted by Gasteiger charge is -2.15. The Morgan fingerprint density at radius 3 is 2.43 bits per heavy atom. The number of amides is 1. The minimum atomic E-state index is -0.365. The molecule has 2 N–H and O–H groups in total. The summed E-state index contributed by atoms with van der Waals surface area (Å²) < 4.78 is 5.80. The first-order valence-corrected chi connectivity index (χ1v) is 7.84. The number of carbonyl (C=O) groups is 1. The van der Waals surface area contributed by atoms with E-state index in [1.165, 1.54) is 0 Å². The van der Waals surface area contributed by atoms with E-state index < -0.39 is 0 Å². The number of carbonyl (C=O) groups excluding carboxylic acids is 1. The Hall–Kier alpha value is -2.33. The second kappa shape index (κ2) is 8.34. The van der Waals surface area contributed by atoms with E-state index in [2.05, 4.69) is 5.32 Å². The van der Waals surface area contributed by atoms with Gasteiger partial charge in [-0.1, -0.05) is 37.3 Å². The van der Waals surface area contributed by atoms with Crippen LogP contribution in [0.15, 0.2) is 54.6 Å². The molecular weight excluding hydrogens is 290 g/mol. The molecule has 2 unspecified atom stereocenters. The molecule has 0 radical (unpaired) electrons. The van der Waals surface area contributed by atoms with Crippen molar-refractivity contribution in [2.24, 2.45) is 5.92 Å². The number of aliphatic hydroxyl groups is 1. The van der Waals surface area contributed by atoms with Gasteiger partial charge in [0.25, 0.3) is 5.91 Å². The van der Waals surface area contributed by atoms with Gasteiger partial charge in [0.05, 0.1) is 11.7 Å². The predicted molar refractivity (Wildman–Crippen MR) is 90.8 cm³/mol. The molecule has 23 heavy (non-hydrogen) atoms. The van der Waals surface area contributed by atoms with Crippen LogP contribution >= 0.6 is 0 Å². The maximum atomic E-state index is 12.4. The summed E-state index contributed by atoms with van der Waals surface area (Å²) >= 11 is 0. The second-order valence-corrected chi connectivity index (χ2v) is 5.81. The topological polar surface area (TPSA) is 58.6 Å². The number of aliphatic hydroxyl groups excluding tert-OH is 1. The first-order valence-electron chi connectivity index (χ1n) is 7.84. The predicted octanol–water partition coefficient (Wildman–Crippen LogP) is 3.62. The van der Waals surface area contributed by atoms with Gasteiger partial charge in [-0.2, -0.15) is 0 Å². The number of rotatable bonds is 7. The van der Waals surface area contributed by atoms with E-state index >= 15 is 0 Å². The molecule has 2 rings (SSSR count). The molecule has 4 nitrogen and oxygen atoms in total. The van der Waals surface area contributed by atoms with Crippen LogP contribution < -0.4 is 10.1 Å². The van der Waals surface area contributed by atoms with E-state index in [9.17, 15) is 9.90 Å². The Balaban J connectivity index is 2.03. The Labute approximate surface area is 137 Å². The lowest BCUT2D eigenvalue weighted by Crippen LogP contribution is -2.29. The third-order valence-electron chi connectivity index (χ3n) is 3.46. The molecule has 0 aliphatic heterocycles. The second-order valence-electron chi connectivity index (χ2n) is 5.81. The van der Waals surface area contributed by atoms with Crippen molar-refractivity contribution in [1.82, 2.24) is 5.32 Å². The van der Waals surface area contributed by atoms with E-state index in [1.807, 2.05) is 49.4 Å². The van der Waals surface area contributed by atoms with Crippen LogP contribution in [0.4, 0.5) is 0 Å². The molecule has 0 saturated carbocycles. The molecule has 4 heteroatoms. The molecule has 2 aromatic carbocycles. The van der Waals surface area contributed by atoms with Gasteiger partial charge in [-0.3, -0.25) is 4.79 Å². The minimum absolute atomic E-state index is 0.172. The molecule has 0 fully saturated rings. The van der Waals surface area contributed by atoms with Gasteiger partial charge < -0.3 is 15.2 Å². The van der Waals surface area contributed by atoms with Gasteiger partial charge in [0, 0.05) is 6.54 Å². The fourth-order valence-corrected chi connectivity index (χ4v) is 2.39. The summed E-state index contributed by atoms with van der Waals surface area (Å²) in [6.07, 6.45) is 0.290. The van der Waals surface area contributed by atoms with E-state index in [1.54, 1.807) is 19.1 Å². The van der Waals surface area contributed by atoms with Crippen LogP contribution in [0.3, 0.4) is 0 Å². The van der Waals surface area contributed by atoms with E-state index in [-0.39, 0.29) is 17.9 Å². The summed E-state index contributed by atoms with van der Waals surface area (Å²) in [5, 5.41) is 12.3. The van der Waals surface area contributed by atoms with Gasteiger partial charge >= 0.3 is 0 Å². The monoisotopic (exact) mass is 313 g/mol. The maximum Gasteiger partial charge on any atom is 0.255 e. The summed E-state index contributed by atoms with van der Waals surface area (Å²) in [6, 6.07) is 16.5. The summed E-state index contributed by atoms with van der Waals surface area (Å²) in [5.74, 6) is 1.25. The van der Waals surface area contributed by atoms with Crippen molar-refractivity contribution in [2.75, 3.05) is 6.54 Å². The molecule has 0 heterocycles. The molecule has 0 saturated heterocycles. The van der Waals surface area contributed by atoms with Gasteiger partial charge in [-0.05, 0) is 43.5 Å². The van der Waals surface area contributed by atoms with Crippen LogP contribution in [0.1, 0.15) is 30.6 Å². The lowest BCUT2D eigenvalue weighted by molar-refractivity contribution is 0.0937. The van der Waals surface area contributed by atoms with Gasteiger partial charge in [0.1, 0.15) is 11.5 Å². The third kappa shape index (κ3) is 5.42. The van der Waals surface area contributed by atoms with E-state index in [0.29, 0.717) is 30.0 Å². The number of benzene rings is 2. The average molecular weight is 313 g/mol. The molecule has 0 aliphatic rings. The highest BCUT2D eigenvalue weighted by atomic mass is 16.5. The zero-order chi connectivity index (χ0) is 16.7. The van der Waals surface area contributed by atoms with Gasteiger partial charge in [0.15, 0.2) is 0 Å². The van der Waals surface area contributed by atoms with E-state index in [4.69, 9.17) is 4.74 Å². The fourth-order valence-electron chi connectivity index (χ4n) is 2.39. The molecule has 0 aromatic heterocycles. The van der Waals surface area contributed by atoms with Gasteiger partial charge in [0.2, 0.25) is 0 Å². The van der Waals surface area contributed by atoms with Crippen molar-refractivity contribution < 1.29 is 14.6 Å². The Kier molecular flexibility index (Phi) is 6.18. The van der Waals surface area contributed by atoms with E-state index in [0.717, 1.165) is 0 Å². The largest absolute Gasteiger partial charge is 0.457 e. The number of hydrogen-bond acceptors (Lipinski definition) is 3. The summed E-state index contributed by atoms with van der Waals surface area (Å²) in [7, 11) is 0. The molecule has 2 aromatic rings. The zero-order valence-electron chi connectivity index (χ0n) is 13.5. The number of nitrogens with one attached hydrogen (secondary N) is 1. The minimum Gasteiger partial charge on any atom is -0.457 e. The first-order chi connectivity index (χ1) is 11.1. The number of hydrogen-bond donors (Lipinski definition) is 2. The Bertz CT molecular complexity index is 626. The first kappa shape index (κ1) is 17.0. The summed E-state index contributed by atoms with van der Waals surface area (Å²) in [5.41, 5.74) is 0.501. The highest BCUT2D eigenvalue weighted by Crippen LogP contribution is 2.24. The normalized spacial score (nSPS) is 13.2. The zero-order valence-corrected chi connectivity index (χ0v) is 13.5. The number of ether oxygens (including phenoxy) is 1. The molecule has 2 atom stereocenters. The average Bonchev–Trinajstić information content (AvgIpc) is 2.53. The van der Waals surface area contributed by atoms with Gasteiger partial charge in [-0.15, -0.1) is 0 Å². The third-order valence-corrected chi connectivity index (χ3v) is 3.46. The van der Waals surface area contributed by atoms with Crippen molar-refractivity contribution in [1.29, 1.82) is 0 Å². The smallest absolute Gasteiger partial charge is 0.255 e. The number of para-hydroxylation sites is 2. The van der Waals surface area contributed by atoms with Gasteiger partial charge in [-0.25, -0.2) is 0 Å². The van der Waals surface area contributed by atoms with Crippen LogP contribution in [0, 0.1) is 5.92 Å². The van der Waals surface area contributed by atoms with Crippen molar-refractivity contribution in [2.45, 2.75) is 26.4 Å².